The third-order valence-corrected chi connectivity index (χ3v) is 13.7. The number of halogens is 1. The summed E-state index contributed by atoms with van der Waals surface area (Å²) in [7, 11) is 5.45. The highest BCUT2D eigenvalue weighted by atomic mass is 79.9. The average molecular weight is 209 g/mol. The van der Waals surface area contributed by atoms with Crippen molar-refractivity contribution in [2.75, 3.05) is 0 Å². The van der Waals surface area contributed by atoms with Crippen LogP contribution in [0.15, 0.2) is 0 Å². The van der Waals surface area contributed by atoms with Crippen molar-refractivity contribution >= 4 is 47.3 Å². The van der Waals surface area contributed by atoms with Crippen LogP contribution in [0.3, 0.4) is 0 Å². The number of hydrogen-bond acceptors (Lipinski definition) is 0. The Morgan fingerprint density at radius 1 is 1.60 bits per heavy atom. The molecule has 0 aromatic rings. The molecular weight excluding hydrogens is 204 g/mol. The second-order valence-electron chi connectivity index (χ2n) is 0.492. The van der Waals surface area contributed by atoms with Gasteiger partial charge in [0.15, 0.2) is 0 Å². The fraction of sp³-hybridized carbons (Fsp3) is 0. The molecule has 0 heterocycles. The Labute approximate surface area is 47.6 Å². The van der Waals surface area contributed by atoms with Gasteiger partial charge in [0.2, 0.25) is 0 Å². The summed E-state index contributed by atoms with van der Waals surface area (Å²) in [6.45, 7) is 1.10. The Hall–Kier alpha value is 2.20. The van der Waals surface area contributed by atoms with Crippen molar-refractivity contribution in [2.24, 2.45) is 0 Å². The summed E-state index contributed by atoms with van der Waals surface area (Å²) in [6, 6.07) is 0. The van der Waals surface area contributed by atoms with Gasteiger partial charge in [-0.25, -0.2) is 0 Å². The van der Waals surface area contributed by atoms with Crippen LogP contribution < -0.4 is 0 Å². The minimum atomic E-state index is 0.180. The molecule has 0 N–H and O–H groups in total. The normalized spacial score (nSPS) is 12.0. The van der Waals surface area contributed by atoms with Crippen LogP contribution >= 0.6 is 47.3 Å². The first-order valence-electron chi connectivity index (χ1n) is 0.929. The maximum atomic E-state index is 3.33. The molecule has 0 nitrogen and oxygen atoms in total. The van der Waals surface area contributed by atoms with Crippen LogP contribution in [0.25, 0.3) is 0 Å². The summed E-state index contributed by atoms with van der Waals surface area (Å²) in [5.41, 5.74) is 0. The summed E-state index contributed by atoms with van der Waals surface area (Å²) in [5.74, 6) is 0. The van der Waals surface area contributed by atoms with Gasteiger partial charge in [0.05, 0.1) is 0 Å². The van der Waals surface area contributed by atoms with E-state index in [0.717, 1.165) is 6.97 Å². The predicted molar refractivity (Wildman–Crippen MR) is 43.6 cm³/mol. The van der Waals surface area contributed by atoms with Gasteiger partial charge in [-0.05, 0) is 14.0 Å². The molecule has 0 aromatic heterocycles. The van der Waals surface area contributed by atoms with Crippen LogP contribution in [0.2, 0.25) is 0 Å². The lowest BCUT2D eigenvalue weighted by molar-refractivity contribution is 5.14. The van der Waals surface area contributed by atoms with Crippen molar-refractivity contribution in [1.82, 2.24) is 0 Å². The van der Waals surface area contributed by atoms with E-state index < -0.39 is 0 Å². The predicted octanol–water partition coefficient (Wildman–Crippen LogP) is 2.95. The minimum absolute atomic E-state index is 0.180. The first kappa shape index (κ1) is 7.20. The van der Waals surface area contributed by atoms with E-state index in [4.69, 9.17) is 0 Å². The van der Waals surface area contributed by atoms with Gasteiger partial charge in [0, 0.05) is 0 Å². The Bertz CT molecular complexity index is 17.6. The topological polar surface area (TPSA) is 0 Å². The largest absolute Gasteiger partial charge is 0.102 e. The molecule has 0 aliphatic rings. The molecule has 0 fully saturated rings. The molecule has 0 amide bonds. The van der Waals surface area contributed by atoms with Crippen molar-refractivity contribution in [2.45, 2.75) is 0 Å². The summed E-state index contributed by atoms with van der Waals surface area (Å²) < 4.78 is 0. The summed E-state index contributed by atoms with van der Waals surface area (Å²) in [5, 5.41) is 0. The van der Waals surface area contributed by atoms with Gasteiger partial charge in [-0.2, -0.15) is 0 Å². The zero-order chi connectivity index (χ0) is 4.28. The zero-order valence-electron chi connectivity index (χ0n) is 2.48. The van der Waals surface area contributed by atoms with E-state index in [0.29, 0.717) is 0 Å². The molecule has 5 heteroatoms. The van der Waals surface area contributed by atoms with Crippen molar-refractivity contribution in [3.63, 3.8) is 0 Å². The van der Waals surface area contributed by atoms with E-state index in [1.165, 1.54) is 0 Å². The molecule has 0 aromatic carbocycles. The van der Waals surface area contributed by atoms with Gasteiger partial charge < -0.3 is 0 Å². The Kier molecular flexibility index (Phi) is 6.28. The summed E-state index contributed by atoms with van der Waals surface area (Å²) >= 11 is 3.33. The molecule has 5 heavy (non-hydrogen) atoms. The molecular formula is H5BrP4. The first-order chi connectivity index (χ1) is 2.27. The highest BCUT2D eigenvalue weighted by Crippen LogP contribution is 2.71. The molecule has 0 rings (SSSR count). The van der Waals surface area contributed by atoms with Gasteiger partial charge >= 0.3 is 0 Å². The molecule has 32 valence electrons. The van der Waals surface area contributed by atoms with E-state index in [1.807, 2.05) is 0 Å². The molecule has 0 aliphatic carbocycles. The quantitative estimate of drug-likeness (QED) is 0.582. The Balaban J connectivity index is 2.54. The highest BCUT2D eigenvalue weighted by Gasteiger charge is 1.80. The Morgan fingerprint density at radius 3 is 1.80 bits per heavy atom. The lowest BCUT2D eigenvalue weighted by Gasteiger charge is -1.90. The van der Waals surface area contributed by atoms with Gasteiger partial charge in [-0.3, -0.25) is 0 Å². The fourth-order valence-electron chi connectivity index (χ4n) is 0. The molecule has 0 aliphatic heterocycles. The van der Waals surface area contributed by atoms with Crippen LogP contribution in [-0.4, -0.2) is 0 Å². The standard InChI is InChI=1S/BrH5P4/c1-4-5(2)3/h4H,2-3H2. The Morgan fingerprint density at radius 2 is 1.80 bits per heavy atom. The van der Waals surface area contributed by atoms with Crippen molar-refractivity contribution in [3.05, 3.63) is 0 Å². The molecule has 0 bridgehead atoms. The second-order valence-corrected chi connectivity index (χ2v) is 14.9. The first-order valence-corrected chi connectivity index (χ1v) is 9.61. The van der Waals surface area contributed by atoms with Crippen LogP contribution in [-0.2, 0) is 0 Å². The number of hydrogen-bond donors (Lipinski definition) is 0. The molecule has 0 spiro atoms. The third-order valence-electron chi connectivity index (χ3n) is 0.0976. The summed E-state index contributed by atoms with van der Waals surface area (Å²) in [6.07, 6.45) is 0. The van der Waals surface area contributed by atoms with Crippen LogP contribution in [0, 0.1) is 0 Å². The third kappa shape index (κ3) is 6.20. The van der Waals surface area contributed by atoms with E-state index in [-0.39, 0.29) is 6.99 Å². The SMILES string of the molecule is PP(P)PBr. The molecule has 0 saturated carbocycles. The van der Waals surface area contributed by atoms with Gasteiger partial charge in [-0.1, -0.05) is 15.5 Å². The second kappa shape index (κ2) is 4.36. The van der Waals surface area contributed by atoms with Crippen LogP contribution in [0.1, 0.15) is 0 Å². The summed E-state index contributed by atoms with van der Waals surface area (Å²) in [4.78, 5) is 0. The van der Waals surface area contributed by atoms with Gasteiger partial charge in [0.25, 0.3) is 0 Å². The van der Waals surface area contributed by atoms with E-state index in [2.05, 4.69) is 33.3 Å². The molecule has 0 radical (unpaired) electrons. The lowest BCUT2D eigenvalue weighted by atomic mass is 29.2. The number of rotatable bonds is 1. The lowest BCUT2D eigenvalue weighted by Crippen LogP contribution is -0.987. The fourth-order valence-corrected chi connectivity index (χ4v) is 0. The van der Waals surface area contributed by atoms with Crippen LogP contribution in [0.5, 0.6) is 0 Å². The minimum Gasteiger partial charge on any atom is -0.102 e. The maximum absolute atomic E-state index is 3.33. The zero-order valence-corrected chi connectivity index (χ0v) is 8.27. The van der Waals surface area contributed by atoms with Crippen molar-refractivity contribution in [3.8, 4) is 0 Å². The van der Waals surface area contributed by atoms with E-state index in [9.17, 15) is 0 Å². The van der Waals surface area contributed by atoms with E-state index >= 15 is 0 Å². The molecule has 0 saturated heterocycles. The van der Waals surface area contributed by atoms with Crippen molar-refractivity contribution in [1.29, 1.82) is 0 Å². The van der Waals surface area contributed by atoms with Crippen LogP contribution in [0.4, 0.5) is 0 Å². The van der Waals surface area contributed by atoms with Gasteiger partial charge in [-0.15, -0.1) is 17.9 Å². The van der Waals surface area contributed by atoms with Gasteiger partial charge in [0.1, 0.15) is 0 Å². The van der Waals surface area contributed by atoms with Crippen molar-refractivity contribution < 1.29 is 0 Å². The smallest absolute Gasteiger partial charge is 0.0172 e. The molecule has 3 atom stereocenters. The maximum Gasteiger partial charge on any atom is -0.0172 e. The molecule has 3 unspecified atom stereocenters. The van der Waals surface area contributed by atoms with E-state index in [1.54, 1.807) is 0 Å². The highest BCUT2D eigenvalue weighted by molar-refractivity contribution is 9.44. The monoisotopic (exact) mass is 208 g/mol. The average Bonchev–Trinajstić information content (AvgIpc) is 1.38.